The molecule has 3 N–H and O–H groups in total. The Morgan fingerprint density at radius 2 is 1.88 bits per heavy atom. The van der Waals surface area contributed by atoms with Crippen LogP contribution in [0.25, 0.3) is 0 Å². The van der Waals surface area contributed by atoms with Gasteiger partial charge in [0.25, 0.3) is 5.91 Å². The second-order valence-electron chi connectivity index (χ2n) is 7.56. The predicted molar refractivity (Wildman–Crippen MR) is 95.3 cm³/mol. The van der Waals surface area contributed by atoms with E-state index in [1.807, 2.05) is 0 Å². The topological polar surface area (TPSA) is 105 Å². The number of amides is 4. The number of hydrogen-bond acceptors (Lipinski definition) is 5. The molecule has 26 heavy (non-hydrogen) atoms. The molecule has 0 unspecified atom stereocenters. The van der Waals surface area contributed by atoms with Crippen LogP contribution in [0.4, 0.5) is 4.79 Å². The summed E-state index contributed by atoms with van der Waals surface area (Å²) in [6, 6.07) is -0.426. The normalized spacial score (nSPS) is 23.6. The average Bonchev–Trinajstić information content (AvgIpc) is 2.87. The van der Waals surface area contributed by atoms with Crippen molar-refractivity contribution in [2.45, 2.75) is 63.0 Å². The molecule has 0 aromatic carbocycles. The molecule has 0 aromatic rings. The summed E-state index contributed by atoms with van der Waals surface area (Å²) in [5, 5.41) is 2.85. The van der Waals surface area contributed by atoms with Gasteiger partial charge in [0.05, 0.1) is 6.10 Å². The van der Waals surface area contributed by atoms with Gasteiger partial charge in [-0.1, -0.05) is 19.3 Å². The minimum atomic E-state index is -0.764. The Bertz CT molecular complexity index is 539. The minimum Gasteiger partial charge on any atom is -0.378 e. The zero-order valence-corrected chi connectivity index (χ0v) is 15.4. The Labute approximate surface area is 154 Å². The van der Waals surface area contributed by atoms with Crippen LogP contribution < -0.4 is 11.1 Å². The molecule has 0 radical (unpaired) electrons. The number of nitrogens with one attached hydrogen (secondary N) is 1. The van der Waals surface area contributed by atoms with E-state index < -0.39 is 11.6 Å². The summed E-state index contributed by atoms with van der Waals surface area (Å²) in [5.74, 6) is -0.391. The van der Waals surface area contributed by atoms with Gasteiger partial charge in [-0.3, -0.25) is 14.5 Å². The molecule has 0 aromatic heterocycles. The number of ether oxygens (including phenoxy) is 1. The molecule has 8 heteroatoms. The molecule has 3 fully saturated rings. The first-order valence-corrected chi connectivity index (χ1v) is 9.79. The Morgan fingerprint density at radius 3 is 2.54 bits per heavy atom. The van der Waals surface area contributed by atoms with Gasteiger partial charge in [-0.05, 0) is 38.6 Å². The Morgan fingerprint density at radius 1 is 1.19 bits per heavy atom. The summed E-state index contributed by atoms with van der Waals surface area (Å²) in [6.07, 6.45) is 6.87. The maximum atomic E-state index is 12.8. The fourth-order valence-electron chi connectivity index (χ4n) is 4.15. The lowest BCUT2D eigenvalue weighted by atomic mass is 9.82. The van der Waals surface area contributed by atoms with Gasteiger partial charge >= 0.3 is 6.03 Å². The average molecular weight is 366 g/mol. The lowest BCUT2D eigenvalue weighted by molar-refractivity contribution is -0.141. The van der Waals surface area contributed by atoms with Crippen LogP contribution in [-0.4, -0.2) is 72.1 Å². The first kappa shape index (κ1) is 19.1. The Kier molecular flexibility index (Phi) is 6.13. The van der Waals surface area contributed by atoms with Crippen molar-refractivity contribution in [3.8, 4) is 0 Å². The molecule has 3 aliphatic rings. The van der Waals surface area contributed by atoms with Gasteiger partial charge < -0.3 is 20.7 Å². The number of carbonyl (C=O) groups excluding carboxylic acids is 3. The first-order valence-electron chi connectivity index (χ1n) is 9.79. The summed E-state index contributed by atoms with van der Waals surface area (Å²) in [6.45, 7) is 2.30. The van der Waals surface area contributed by atoms with Crippen LogP contribution in [0.3, 0.4) is 0 Å². The van der Waals surface area contributed by atoms with Crippen LogP contribution in [0.15, 0.2) is 0 Å². The second kappa shape index (κ2) is 8.35. The summed E-state index contributed by atoms with van der Waals surface area (Å²) in [5.41, 5.74) is 4.70. The van der Waals surface area contributed by atoms with E-state index in [1.165, 1.54) is 0 Å². The lowest BCUT2D eigenvalue weighted by Crippen LogP contribution is -2.50. The zero-order valence-electron chi connectivity index (χ0n) is 15.4. The van der Waals surface area contributed by atoms with Gasteiger partial charge in [0.2, 0.25) is 5.91 Å². The highest BCUT2D eigenvalue weighted by Gasteiger charge is 2.51. The Hall–Kier alpha value is -1.67. The third-order valence-electron chi connectivity index (χ3n) is 5.74. The lowest BCUT2D eigenvalue weighted by Gasteiger charge is -2.33. The van der Waals surface area contributed by atoms with Gasteiger partial charge in [0, 0.05) is 19.7 Å². The number of hydrogen-bond donors (Lipinski definition) is 2. The smallest absolute Gasteiger partial charge is 0.325 e. The number of imide groups is 1. The monoisotopic (exact) mass is 366 g/mol. The SMILES string of the molecule is NCCCOC1CCN(C(=O)CN2C(=O)NC3(CCCCC3)C2=O)CC1. The molecular weight excluding hydrogens is 336 g/mol. The summed E-state index contributed by atoms with van der Waals surface area (Å²) >= 11 is 0. The van der Waals surface area contributed by atoms with Gasteiger partial charge in [-0.15, -0.1) is 0 Å². The van der Waals surface area contributed by atoms with Crippen molar-refractivity contribution < 1.29 is 19.1 Å². The molecule has 2 aliphatic heterocycles. The molecule has 0 atom stereocenters. The van der Waals surface area contributed by atoms with E-state index in [2.05, 4.69) is 5.32 Å². The van der Waals surface area contributed by atoms with Crippen molar-refractivity contribution in [3.63, 3.8) is 0 Å². The van der Waals surface area contributed by atoms with E-state index in [4.69, 9.17) is 10.5 Å². The first-order chi connectivity index (χ1) is 12.6. The fourth-order valence-corrected chi connectivity index (χ4v) is 4.15. The third-order valence-corrected chi connectivity index (χ3v) is 5.74. The van der Waals surface area contributed by atoms with Crippen molar-refractivity contribution in [1.29, 1.82) is 0 Å². The second-order valence-corrected chi connectivity index (χ2v) is 7.56. The van der Waals surface area contributed by atoms with Crippen LogP contribution in [0.2, 0.25) is 0 Å². The van der Waals surface area contributed by atoms with E-state index in [0.717, 1.165) is 43.4 Å². The number of rotatable bonds is 6. The molecule has 1 aliphatic carbocycles. The van der Waals surface area contributed by atoms with Crippen molar-refractivity contribution in [2.75, 3.05) is 32.8 Å². The largest absolute Gasteiger partial charge is 0.378 e. The molecule has 3 rings (SSSR count). The fraction of sp³-hybridized carbons (Fsp3) is 0.833. The van der Waals surface area contributed by atoms with E-state index in [1.54, 1.807) is 4.90 Å². The maximum absolute atomic E-state index is 12.8. The number of nitrogens with zero attached hydrogens (tertiary/aromatic N) is 2. The summed E-state index contributed by atoms with van der Waals surface area (Å²) in [7, 11) is 0. The van der Waals surface area contributed by atoms with Crippen LogP contribution in [0.1, 0.15) is 51.4 Å². The summed E-state index contributed by atoms with van der Waals surface area (Å²) < 4.78 is 5.75. The number of carbonyl (C=O) groups is 3. The zero-order chi connectivity index (χ0) is 18.6. The van der Waals surface area contributed by atoms with Crippen LogP contribution in [0.5, 0.6) is 0 Å². The molecule has 146 valence electrons. The molecular formula is C18H30N4O4. The van der Waals surface area contributed by atoms with Gasteiger partial charge in [0.1, 0.15) is 12.1 Å². The quantitative estimate of drug-likeness (QED) is 0.529. The Balaban J connectivity index is 1.49. The van der Waals surface area contributed by atoms with Crippen molar-refractivity contribution >= 4 is 17.8 Å². The third kappa shape index (κ3) is 4.01. The molecule has 0 bridgehead atoms. The molecule has 4 amide bonds. The maximum Gasteiger partial charge on any atom is 0.325 e. The van der Waals surface area contributed by atoms with Gasteiger partial charge in [-0.25, -0.2) is 4.79 Å². The number of nitrogens with two attached hydrogens (primary N) is 1. The molecule has 1 saturated carbocycles. The number of likely N-dealkylation sites (tertiary alicyclic amines) is 1. The number of piperidine rings is 1. The summed E-state index contributed by atoms with van der Waals surface area (Å²) in [4.78, 5) is 40.4. The van der Waals surface area contributed by atoms with Crippen molar-refractivity contribution in [1.82, 2.24) is 15.1 Å². The molecule has 2 heterocycles. The van der Waals surface area contributed by atoms with Crippen molar-refractivity contribution in [3.05, 3.63) is 0 Å². The van der Waals surface area contributed by atoms with Gasteiger partial charge in [-0.2, -0.15) is 0 Å². The van der Waals surface area contributed by atoms with Crippen LogP contribution >= 0.6 is 0 Å². The van der Waals surface area contributed by atoms with Crippen molar-refractivity contribution in [2.24, 2.45) is 5.73 Å². The van der Waals surface area contributed by atoms with Crippen LogP contribution in [-0.2, 0) is 14.3 Å². The highest BCUT2D eigenvalue weighted by Crippen LogP contribution is 2.33. The number of urea groups is 1. The van der Waals surface area contributed by atoms with E-state index in [0.29, 0.717) is 39.1 Å². The van der Waals surface area contributed by atoms with Gasteiger partial charge in [0.15, 0.2) is 0 Å². The minimum absolute atomic E-state index is 0.160. The molecule has 1 spiro atoms. The van der Waals surface area contributed by atoms with Crippen LogP contribution in [0, 0.1) is 0 Å². The molecule has 8 nitrogen and oxygen atoms in total. The van der Waals surface area contributed by atoms with E-state index >= 15 is 0 Å². The van der Waals surface area contributed by atoms with E-state index in [9.17, 15) is 14.4 Å². The van der Waals surface area contributed by atoms with E-state index in [-0.39, 0.29) is 24.5 Å². The predicted octanol–water partition coefficient (Wildman–Crippen LogP) is 0.598. The highest BCUT2D eigenvalue weighted by molar-refractivity contribution is 6.09. The highest BCUT2D eigenvalue weighted by atomic mass is 16.5. The standard InChI is InChI=1S/C18H30N4O4/c19-9-4-12-26-14-5-10-21(11-6-14)15(23)13-22-16(24)18(20-17(22)25)7-2-1-3-8-18/h14H,1-13,19H2,(H,20,25). The molecule has 2 saturated heterocycles.